The Hall–Kier alpha value is -0.930. The van der Waals surface area contributed by atoms with Crippen LogP contribution in [0.3, 0.4) is 0 Å². The third-order valence-electron chi connectivity index (χ3n) is 3.67. The highest BCUT2D eigenvalue weighted by Gasteiger charge is 2.47. The quantitative estimate of drug-likeness (QED) is 0.781. The molecular weight excluding hydrogens is 276 g/mol. The summed E-state index contributed by atoms with van der Waals surface area (Å²) in [6.07, 6.45) is 0.862. The van der Waals surface area contributed by atoms with Gasteiger partial charge in [-0.1, -0.05) is 0 Å². The van der Waals surface area contributed by atoms with Gasteiger partial charge in [-0.15, -0.1) is 11.6 Å². The molecule has 0 aromatic heterocycles. The van der Waals surface area contributed by atoms with Crippen LogP contribution in [0.5, 0.6) is 11.5 Å². The van der Waals surface area contributed by atoms with Gasteiger partial charge in [0.15, 0.2) is 0 Å². The van der Waals surface area contributed by atoms with Gasteiger partial charge in [0, 0.05) is 12.0 Å². The highest BCUT2D eigenvalue weighted by molar-refractivity contribution is 6.17. The van der Waals surface area contributed by atoms with Crippen LogP contribution in [0.25, 0.3) is 0 Å². The van der Waals surface area contributed by atoms with Gasteiger partial charge in [-0.25, -0.2) is 0 Å². The predicted molar refractivity (Wildman–Crippen MR) is 80.8 cm³/mol. The number of hydrogen-bond acceptors (Lipinski definition) is 3. The average Bonchev–Trinajstić information content (AvgIpc) is 2.57. The molecule has 1 aromatic rings. The van der Waals surface area contributed by atoms with Crippen molar-refractivity contribution in [3.05, 3.63) is 23.8 Å². The van der Waals surface area contributed by atoms with E-state index in [0.717, 1.165) is 23.5 Å². The molecule has 1 heterocycles. The van der Waals surface area contributed by atoms with Gasteiger partial charge in [-0.3, -0.25) is 0 Å². The fourth-order valence-corrected chi connectivity index (χ4v) is 2.96. The van der Waals surface area contributed by atoms with Crippen molar-refractivity contribution in [1.82, 2.24) is 0 Å². The number of rotatable bonds is 4. The number of alkyl halides is 1. The molecule has 112 valence electrons. The van der Waals surface area contributed by atoms with Gasteiger partial charge >= 0.3 is 0 Å². The summed E-state index contributed by atoms with van der Waals surface area (Å²) < 4.78 is 17.5. The lowest BCUT2D eigenvalue weighted by atomic mass is 9.97. The highest BCUT2D eigenvalue weighted by Crippen LogP contribution is 2.40. The molecule has 1 atom stereocenters. The Morgan fingerprint density at radius 1 is 1.30 bits per heavy atom. The maximum Gasteiger partial charge on any atom is 0.130 e. The largest absolute Gasteiger partial charge is 0.497 e. The average molecular weight is 299 g/mol. The Kier molecular flexibility index (Phi) is 4.22. The Bertz CT molecular complexity index is 483. The van der Waals surface area contributed by atoms with E-state index >= 15 is 0 Å². The summed E-state index contributed by atoms with van der Waals surface area (Å²) in [5, 5.41) is 0. The maximum atomic E-state index is 6.18. The van der Waals surface area contributed by atoms with E-state index in [2.05, 4.69) is 27.7 Å². The molecule has 0 N–H and O–H groups in total. The van der Waals surface area contributed by atoms with Crippen LogP contribution in [0.4, 0.5) is 0 Å². The van der Waals surface area contributed by atoms with E-state index in [1.165, 1.54) is 0 Å². The summed E-state index contributed by atoms with van der Waals surface area (Å²) in [5.41, 5.74) is 0.459. The summed E-state index contributed by atoms with van der Waals surface area (Å²) >= 11 is 6.01. The van der Waals surface area contributed by atoms with Gasteiger partial charge in [0.05, 0.1) is 18.6 Å². The Labute approximate surface area is 126 Å². The highest BCUT2D eigenvalue weighted by atomic mass is 35.5. The van der Waals surface area contributed by atoms with Crippen molar-refractivity contribution < 1.29 is 14.2 Å². The minimum atomic E-state index is -0.312. The van der Waals surface area contributed by atoms with E-state index in [4.69, 9.17) is 25.8 Å². The lowest BCUT2D eigenvalue weighted by Crippen LogP contribution is -2.36. The van der Waals surface area contributed by atoms with Crippen LogP contribution in [-0.2, 0) is 10.6 Å². The fraction of sp³-hybridized carbons (Fsp3) is 0.625. The third-order valence-corrected chi connectivity index (χ3v) is 3.96. The number of hydrogen-bond donors (Lipinski definition) is 0. The standard InChI is InChI=1S/C16H23ClO3/c1-15(2)9-14(16(3,4)20-15)19-13-7-6-12(18-5)8-11(13)10-17/h6-8,14H,9-10H2,1-5H3. The lowest BCUT2D eigenvalue weighted by Gasteiger charge is -2.28. The third kappa shape index (κ3) is 3.21. The second-order valence-electron chi connectivity index (χ2n) is 6.38. The monoisotopic (exact) mass is 298 g/mol. The van der Waals surface area contributed by atoms with Crippen LogP contribution in [0.15, 0.2) is 18.2 Å². The van der Waals surface area contributed by atoms with Crippen molar-refractivity contribution >= 4 is 11.6 Å². The summed E-state index contributed by atoms with van der Waals surface area (Å²) in [5.74, 6) is 1.99. The normalized spacial score (nSPS) is 23.6. The molecule has 0 spiro atoms. The number of halogens is 1. The van der Waals surface area contributed by atoms with E-state index in [9.17, 15) is 0 Å². The molecule has 20 heavy (non-hydrogen) atoms. The molecule has 1 saturated heterocycles. The molecule has 0 aliphatic carbocycles. The van der Waals surface area contributed by atoms with E-state index in [0.29, 0.717) is 5.88 Å². The zero-order chi connectivity index (χ0) is 15.0. The zero-order valence-electron chi connectivity index (χ0n) is 12.8. The molecule has 2 rings (SSSR count). The molecule has 1 aromatic carbocycles. The fourth-order valence-electron chi connectivity index (χ4n) is 2.75. The SMILES string of the molecule is COc1ccc(OC2CC(C)(C)OC2(C)C)c(CCl)c1. The van der Waals surface area contributed by atoms with Crippen molar-refractivity contribution in [3.8, 4) is 11.5 Å². The molecular formula is C16H23ClO3. The molecule has 1 unspecified atom stereocenters. The lowest BCUT2D eigenvalue weighted by molar-refractivity contribution is -0.0846. The number of benzene rings is 1. The summed E-state index contributed by atoms with van der Waals surface area (Å²) in [7, 11) is 1.64. The molecule has 0 radical (unpaired) electrons. The minimum absolute atomic E-state index is 0.00728. The van der Waals surface area contributed by atoms with Crippen molar-refractivity contribution in [1.29, 1.82) is 0 Å². The van der Waals surface area contributed by atoms with Gasteiger partial charge < -0.3 is 14.2 Å². The van der Waals surface area contributed by atoms with E-state index in [1.54, 1.807) is 7.11 Å². The predicted octanol–water partition coefficient (Wildman–Crippen LogP) is 4.16. The molecule has 1 fully saturated rings. The minimum Gasteiger partial charge on any atom is -0.497 e. The van der Waals surface area contributed by atoms with Gasteiger partial charge in [0.2, 0.25) is 0 Å². The number of methoxy groups -OCH3 is 1. The van der Waals surface area contributed by atoms with Crippen molar-refractivity contribution in [2.24, 2.45) is 0 Å². The summed E-state index contributed by atoms with van der Waals surface area (Å²) in [6, 6.07) is 5.72. The molecule has 0 bridgehead atoms. The topological polar surface area (TPSA) is 27.7 Å². The second kappa shape index (κ2) is 5.45. The van der Waals surface area contributed by atoms with Crippen molar-refractivity contribution in [2.75, 3.05) is 7.11 Å². The molecule has 1 aliphatic rings. The molecule has 3 nitrogen and oxygen atoms in total. The summed E-state index contributed by atoms with van der Waals surface area (Å²) in [4.78, 5) is 0. The smallest absolute Gasteiger partial charge is 0.130 e. The van der Waals surface area contributed by atoms with Crippen LogP contribution >= 0.6 is 11.6 Å². The van der Waals surface area contributed by atoms with E-state index in [1.807, 2.05) is 18.2 Å². The van der Waals surface area contributed by atoms with Crippen molar-refractivity contribution in [2.45, 2.75) is 57.3 Å². The van der Waals surface area contributed by atoms with Crippen LogP contribution in [-0.4, -0.2) is 24.4 Å². The Morgan fingerprint density at radius 3 is 2.50 bits per heavy atom. The van der Waals surface area contributed by atoms with Gasteiger partial charge in [0.1, 0.15) is 23.2 Å². The maximum absolute atomic E-state index is 6.18. The Balaban J connectivity index is 2.22. The Morgan fingerprint density at radius 2 is 2.00 bits per heavy atom. The second-order valence-corrected chi connectivity index (χ2v) is 6.65. The molecule has 0 saturated carbocycles. The first kappa shape index (κ1) is 15.5. The van der Waals surface area contributed by atoms with Gasteiger partial charge in [-0.05, 0) is 45.9 Å². The first-order valence-electron chi connectivity index (χ1n) is 6.87. The van der Waals surface area contributed by atoms with Gasteiger partial charge in [-0.2, -0.15) is 0 Å². The first-order chi connectivity index (χ1) is 9.27. The number of ether oxygens (including phenoxy) is 3. The summed E-state index contributed by atoms with van der Waals surface area (Å²) in [6.45, 7) is 8.32. The molecule has 1 aliphatic heterocycles. The van der Waals surface area contributed by atoms with Crippen LogP contribution in [0.2, 0.25) is 0 Å². The van der Waals surface area contributed by atoms with Crippen molar-refractivity contribution in [3.63, 3.8) is 0 Å². The van der Waals surface area contributed by atoms with Crippen LogP contribution in [0.1, 0.15) is 39.7 Å². The first-order valence-corrected chi connectivity index (χ1v) is 7.40. The van der Waals surface area contributed by atoms with Crippen LogP contribution < -0.4 is 9.47 Å². The van der Waals surface area contributed by atoms with Gasteiger partial charge in [0.25, 0.3) is 0 Å². The zero-order valence-corrected chi connectivity index (χ0v) is 13.6. The molecule has 0 amide bonds. The van der Waals surface area contributed by atoms with Crippen LogP contribution in [0, 0.1) is 0 Å². The molecule has 4 heteroatoms. The van der Waals surface area contributed by atoms with E-state index < -0.39 is 0 Å². The van der Waals surface area contributed by atoms with E-state index in [-0.39, 0.29) is 17.3 Å².